The molecule has 140 valence electrons. The number of fused-ring (bicyclic) bond motifs is 1. The van der Waals surface area contributed by atoms with Gasteiger partial charge in [-0.25, -0.2) is 4.98 Å². The number of pyridine rings is 1. The Morgan fingerprint density at radius 1 is 1.22 bits per heavy atom. The average molecular weight is 386 g/mol. The molecule has 0 bridgehead atoms. The van der Waals surface area contributed by atoms with Crippen molar-refractivity contribution in [2.24, 2.45) is 0 Å². The zero-order chi connectivity index (χ0) is 19.0. The molecule has 27 heavy (non-hydrogen) atoms. The number of aryl methyl sites for hydroxylation is 2. The Hall–Kier alpha value is -2.60. The maximum atomic E-state index is 13.1. The molecule has 0 aliphatic carbocycles. The summed E-state index contributed by atoms with van der Waals surface area (Å²) in [5.74, 6) is 0.789. The Morgan fingerprint density at radius 2 is 1.93 bits per heavy atom. The predicted molar refractivity (Wildman–Crippen MR) is 102 cm³/mol. The first-order valence-corrected chi connectivity index (χ1v) is 9.34. The fourth-order valence-corrected chi connectivity index (χ4v) is 3.57. The first-order valence-electron chi connectivity index (χ1n) is 8.96. The zero-order valence-corrected chi connectivity index (χ0v) is 16.0. The van der Waals surface area contributed by atoms with E-state index in [4.69, 9.17) is 20.9 Å². The maximum absolute atomic E-state index is 13.1. The van der Waals surface area contributed by atoms with Gasteiger partial charge in [0, 0.05) is 36.6 Å². The van der Waals surface area contributed by atoms with Gasteiger partial charge >= 0.3 is 0 Å². The van der Waals surface area contributed by atoms with Crippen molar-refractivity contribution >= 4 is 28.6 Å². The second-order valence-electron chi connectivity index (χ2n) is 6.82. The minimum atomic E-state index is -0.0123. The molecule has 7 heteroatoms. The third-order valence-electron chi connectivity index (χ3n) is 4.82. The predicted octanol–water partition coefficient (Wildman–Crippen LogP) is 4.18. The first-order chi connectivity index (χ1) is 13.0. The van der Waals surface area contributed by atoms with Crippen molar-refractivity contribution in [2.45, 2.75) is 32.8 Å². The zero-order valence-electron chi connectivity index (χ0n) is 15.2. The van der Waals surface area contributed by atoms with Crippen molar-refractivity contribution < 1.29 is 14.1 Å². The van der Waals surface area contributed by atoms with Crippen LogP contribution in [0.25, 0.3) is 11.1 Å². The van der Waals surface area contributed by atoms with Crippen LogP contribution in [-0.4, -0.2) is 40.1 Å². The lowest BCUT2D eigenvalue weighted by atomic mass is 10.0. The number of nitrogens with zero attached hydrogens (tertiary/aromatic N) is 3. The molecule has 0 unspecified atom stereocenters. The molecule has 3 aromatic rings. The summed E-state index contributed by atoms with van der Waals surface area (Å²) >= 11 is 5.91. The fraction of sp³-hybridized carbons (Fsp3) is 0.350. The number of hydrogen-bond acceptors (Lipinski definition) is 5. The monoisotopic (exact) mass is 385 g/mol. The molecule has 1 amide bonds. The van der Waals surface area contributed by atoms with Crippen molar-refractivity contribution in [1.82, 2.24) is 15.0 Å². The van der Waals surface area contributed by atoms with Gasteiger partial charge in [0.15, 0.2) is 0 Å². The van der Waals surface area contributed by atoms with Crippen LogP contribution in [0.5, 0.6) is 5.75 Å². The number of benzene rings is 1. The van der Waals surface area contributed by atoms with Crippen molar-refractivity contribution in [3.8, 4) is 5.75 Å². The molecule has 0 radical (unpaired) electrons. The van der Waals surface area contributed by atoms with Crippen LogP contribution in [0.2, 0.25) is 5.02 Å². The van der Waals surface area contributed by atoms with Gasteiger partial charge in [-0.1, -0.05) is 16.8 Å². The van der Waals surface area contributed by atoms with Gasteiger partial charge < -0.3 is 14.2 Å². The Morgan fingerprint density at radius 3 is 2.63 bits per heavy atom. The van der Waals surface area contributed by atoms with Gasteiger partial charge in [-0.3, -0.25) is 4.79 Å². The molecule has 3 heterocycles. The van der Waals surface area contributed by atoms with E-state index < -0.39 is 0 Å². The van der Waals surface area contributed by atoms with E-state index in [-0.39, 0.29) is 12.0 Å². The molecule has 1 aliphatic rings. The molecular formula is C20H20ClN3O3. The molecule has 2 aromatic heterocycles. The number of hydrogen-bond donors (Lipinski definition) is 0. The van der Waals surface area contributed by atoms with Gasteiger partial charge in [0.2, 0.25) is 0 Å². The molecule has 4 rings (SSSR count). The Bertz CT molecular complexity index is 976. The van der Waals surface area contributed by atoms with E-state index in [1.54, 1.807) is 0 Å². The van der Waals surface area contributed by atoms with Crippen LogP contribution in [0.1, 0.15) is 34.6 Å². The highest BCUT2D eigenvalue weighted by molar-refractivity contribution is 6.30. The van der Waals surface area contributed by atoms with E-state index in [9.17, 15) is 4.79 Å². The number of ether oxygens (including phenoxy) is 1. The van der Waals surface area contributed by atoms with Crippen LogP contribution in [0.3, 0.4) is 0 Å². The third-order valence-corrected chi connectivity index (χ3v) is 5.07. The van der Waals surface area contributed by atoms with Crippen LogP contribution in [0.15, 0.2) is 34.9 Å². The molecule has 0 saturated carbocycles. The van der Waals surface area contributed by atoms with E-state index in [1.165, 1.54) is 0 Å². The second kappa shape index (κ2) is 7.19. The first kappa shape index (κ1) is 17.8. The van der Waals surface area contributed by atoms with Crippen LogP contribution < -0.4 is 4.74 Å². The lowest BCUT2D eigenvalue weighted by Gasteiger charge is -2.32. The Labute approximate surface area is 162 Å². The summed E-state index contributed by atoms with van der Waals surface area (Å²) in [6.07, 6.45) is 1.65. The minimum Gasteiger partial charge on any atom is -0.490 e. The molecule has 0 N–H and O–H groups in total. The van der Waals surface area contributed by atoms with E-state index in [0.29, 0.717) is 40.5 Å². The van der Waals surface area contributed by atoms with Crippen molar-refractivity contribution in [1.29, 1.82) is 0 Å². The summed E-state index contributed by atoms with van der Waals surface area (Å²) in [5.41, 5.74) is 2.44. The highest BCUT2D eigenvalue weighted by atomic mass is 35.5. The highest BCUT2D eigenvalue weighted by Crippen LogP contribution is 2.26. The van der Waals surface area contributed by atoms with E-state index in [1.807, 2.05) is 49.1 Å². The molecular weight excluding hydrogens is 366 g/mol. The van der Waals surface area contributed by atoms with Crippen molar-refractivity contribution in [3.05, 3.63) is 52.3 Å². The number of likely N-dealkylation sites (tertiary alicyclic amines) is 1. The van der Waals surface area contributed by atoms with Crippen LogP contribution in [0, 0.1) is 13.8 Å². The van der Waals surface area contributed by atoms with Gasteiger partial charge in [0.1, 0.15) is 11.9 Å². The lowest BCUT2D eigenvalue weighted by molar-refractivity contribution is 0.0597. The standard InChI is InChI=1S/C20H20ClN3O3/c1-12-11-17(18-13(2)23-27-19(18)22-12)20(25)24-9-7-16(8-10-24)26-15-5-3-14(21)4-6-15/h3-6,11,16H,7-10H2,1-2H3. The quantitative estimate of drug-likeness (QED) is 0.676. The van der Waals surface area contributed by atoms with Gasteiger partial charge in [-0.05, 0) is 44.2 Å². The smallest absolute Gasteiger partial charge is 0.258 e. The lowest BCUT2D eigenvalue weighted by Crippen LogP contribution is -2.41. The molecule has 0 atom stereocenters. The molecule has 1 aliphatic heterocycles. The highest BCUT2D eigenvalue weighted by Gasteiger charge is 2.27. The molecule has 1 saturated heterocycles. The van der Waals surface area contributed by atoms with Crippen LogP contribution in [0.4, 0.5) is 0 Å². The fourth-order valence-electron chi connectivity index (χ4n) is 3.44. The molecule has 1 aromatic carbocycles. The van der Waals surface area contributed by atoms with Crippen LogP contribution in [-0.2, 0) is 0 Å². The van der Waals surface area contributed by atoms with Gasteiger partial charge in [-0.15, -0.1) is 0 Å². The summed E-state index contributed by atoms with van der Waals surface area (Å²) in [4.78, 5) is 19.3. The van der Waals surface area contributed by atoms with E-state index >= 15 is 0 Å². The average Bonchev–Trinajstić information content (AvgIpc) is 3.04. The minimum absolute atomic E-state index is 0.0123. The van der Waals surface area contributed by atoms with Crippen LogP contribution >= 0.6 is 11.6 Å². The number of rotatable bonds is 3. The number of piperidine rings is 1. The van der Waals surface area contributed by atoms with Gasteiger partial charge in [-0.2, -0.15) is 0 Å². The van der Waals surface area contributed by atoms with Crippen molar-refractivity contribution in [3.63, 3.8) is 0 Å². The summed E-state index contributed by atoms with van der Waals surface area (Å²) in [6.45, 7) is 4.96. The van der Waals surface area contributed by atoms with Crippen molar-refractivity contribution in [2.75, 3.05) is 13.1 Å². The van der Waals surface area contributed by atoms with Gasteiger partial charge in [0.25, 0.3) is 11.6 Å². The van der Waals surface area contributed by atoms with E-state index in [2.05, 4.69) is 10.1 Å². The Balaban J connectivity index is 1.46. The summed E-state index contributed by atoms with van der Waals surface area (Å²) in [6, 6.07) is 9.17. The number of halogens is 1. The molecule has 6 nitrogen and oxygen atoms in total. The Kier molecular flexibility index (Phi) is 4.74. The summed E-state index contributed by atoms with van der Waals surface area (Å²) in [5, 5.41) is 5.34. The van der Waals surface area contributed by atoms with Gasteiger partial charge in [0.05, 0.1) is 16.6 Å². The largest absolute Gasteiger partial charge is 0.490 e. The second-order valence-corrected chi connectivity index (χ2v) is 7.26. The molecule has 1 fully saturated rings. The number of carbonyl (C=O) groups excluding carboxylic acids is 1. The molecule has 0 spiro atoms. The summed E-state index contributed by atoms with van der Waals surface area (Å²) in [7, 11) is 0. The SMILES string of the molecule is Cc1cc(C(=O)N2CCC(Oc3ccc(Cl)cc3)CC2)c2c(C)noc2n1. The summed E-state index contributed by atoms with van der Waals surface area (Å²) < 4.78 is 11.2. The third kappa shape index (κ3) is 3.62. The van der Waals surface area contributed by atoms with E-state index in [0.717, 1.165) is 24.3 Å². The number of carbonyl (C=O) groups is 1. The normalized spacial score (nSPS) is 15.3. The maximum Gasteiger partial charge on any atom is 0.258 e. The number of amides is 1. The number of aromatic nitrogens is 2. The topological polar surface area (TPSA) is 68.5 Å².